The highest BCUT2D eigenvalue weighted by molar-refractivity contribution is 9.10. The minimum absolute atomic E-state index is 0.0446. The second-order valence-electron chi connectivity index (χ2n) is 4.88. The van der Waals surface area contributed by atoms with Gasteiger partial charge in [-0.2, -0.15) is 0 Å². The van der Waals surface area contributed by atoms with E-state index in [2.05, 4.69) is 20.7 Å². The molecule has 1 aliphatic rings. The summed E-state index contributed by atoms with van der Waals surface area (Å²) in [5.41, 5.74) is 0.684. The Kier molecular flexibility index (Phi) is 5.00. The van der Waals surface area contributed by atoms with Gasteiger partial charge in [0.2, 0.25) is 10.0 Å². The zero-order chi connectivity index (χ0) is 13.9. The first-order chi connectivity index (χ1) is 9.03. The second-order valence-corrected chi connectivity index (χ2v) is 7.42. The van der Waals surface area contributed by atoms with Crippen molar-refractivity contribution in [2.24, 2.45) is 0 Å². The first-order valence-electron chi connectivity index (χ1n) is 6.44. The van der Waals surface area contributed by atoms with Gasteiger partial charge in [0, 0.05) is 10.5 Å². The van der Waals surface area contributed by atoms with Crippen LogP contribution in [0, 0.1) is 0 Å². The van der Waals surface area contributed by atoms with Crippen LogP contribution in [0.5, 0.6) is 0 Å². The summed E-state index contributed by atoms with van der Waals surface area (Å²) in [6.07, 6.45) is 5.17. The standard InChI is InChI=1S/C13H18BrNO3S/c14-12-8-10(9-16)6-7-13(12)19(17,18)15-11-4-2-1-3-5-11/h6-8,11,15-16H,1-5,9H2. The molecule has 19 heavy (non-hydrogen) atoms. The zero-order valence-electron chi connectivity index (χ0n) is 10.6. The van der Waals surface area contributed by atoms with Crippen LogP contribution in [-0.2, 0) is 16.6 Å². The van der Waals surface area contributed by atoms with Gasteiger partial charge in [-0.25, -0.2) is 13.1 Å². The van der Waals surface area contributed by atoms with E-state index in [0.29, 0.717) is 10.0 Å². The average Bonchev–Trinajstić information content (AvgIpc) is 2.38. The Labute approximate surface area is 122 Å². The highest BCUT2D eigenvalue weighted by Crippen LogP contribution is 2.25. The molecular weight excluding hydrogens is 330 g/mol. The SMILES string of the molecule is O=S(=O)(NC1CCCCC1)c1ccc(CO)cc1Br. The first-order valence-corrected chi connectivity index (χ1v) is 8.72. The van der Waals surface area contributed by atoms with Crippen molar-refractivity contribution in [2.45, 2.75) is 49.6 Å². The van der Waals surface area contributed by atoms with Gasteiger partial charge in [0.1, 0.15) is 0 Å². The number of halogens is 1. The Morgan fingerprint density at radius 1 is 1.26 bits per heavy atom. The lowest BCUT2D eigenvalue weighted by Crippen LogP contribution is -2.36. The van der Waals surface area contributed by atoms with Gasteiger partial charge in [-0.15, -0.1) is 0 Å². The molecule has 0 aliphatic heterocycles. The van der Waals surface area contributed by atoms with Crippen LogP contribution in [0.2, 0.25) is 0 Å². The molecule has 0 unspecified atom stereocenters. The fourth-order valence-electron chi connectivity index (χ4n) is 2.36. The van der Waals surface area contributed by atoms with Crippen molar-refractivity contribution in [3.05, 3.63) is 28.2 Å². The molecule has 2 N–H and O–H groups in total. The molecule has 106 valence electrons. The third-order valence-electron chi connectivity index (χ3n) is 3.40. The maximum absolute atomic E-state index is 12.3. The highest BCUT2D eigenvalue weighted by Gasteiger charge is 2.23. The van der Waals surface area contributed by atoms with Gasteiger partial charge < -0.3 is 5.11 Å². The Bertz CT molecular complexity index is 539. The molecule has 6 heteroatoms. The monoisotopic (exact) mass is 347 g/mol. The summed E-state index contributed by atoms with van der Waals surface area (Å²) in [7, 11) is -3.49. The summed E-state index contributed by atoms with van der Waals surface area (Å²) in [6.45, 7) is -0.102. The number of nitrogens with one attached hydrogen (secondary N) is 1. The molecule has 2 rings (SSSR count). The van der Waals surface area contributed by atoms with Gasteiger partial charge in [0.15, 0.2) is 0 Å². The largest absolute Gasteiger partial charge is 0.392 e. The average molecular weight is 348 g/mol. The molecule has 1 saturated carbocycles. The molecule has 0 saturated heterocycles. The van der Waals surface area contributed by atoms with Gasteiger partial charge in [0.05, 0.1) is 11.5 Å². The van der Waals surface area contributed by atoms with Crippen molar-refractivity contribution >= 4 is 26.0 Å². The second kappa shape index (κ2) is 6.35. The minimum Gasteiger partial charge on any atom is -0.392 e. The Morgan fingerprint density at radius 2 is 1.95 bits per heavy atom. The summed E-state index contributed by atoms with van der Waals surface area (Å²) in [5, 5.41) is 9.03. The summed E-state index contributed by atoms with van der Waals surface area (Å²) in [4.78, 5) is 0.232. The van der Waals surface area contributed by atoms with Crippen LogP contribution in [0.4, 0.5) is 0 Å². The van der Waals surface area contributed by atoms with E-state index in [4.69, 9.17) is 5.11 Å². The molecule has 1 aromatic rings. The fourth-order valence-corrected chi connectivity index (χ4v) is 4.79. The van der Waals surface area contributed by atoms with E-state index in [9.17, 15) is 8.42 Å². The summed E-state index contributed by atoms with van der Waals surface area (Å²) in [5.74, 6) is 0. The number of aliphatic hydroxyl groups is 1. The van der Waals surface area contributed by atoms with Crippen molar-refractivity contribution < 1.29 is 13.5 Å². The lowest BCUT2D eigenvalue weighted by atomic mass is 9.96. The molecule has 0 aromatic heterocycles. The molecule has 1 aliphatic carbocycles. The van der Waals surface area contributed by atoms with E-state index in [1.165, 1.54) is 12.5 Å². The van der Waals surface area contributed by atoms with Gasteiger partial charge >= 0.3 is 0 Å². The first kappa shape index (κ1) is 15.0. The molecule has 0 heterocycles. The molecular formula is C13H18BrNO3S. The van der Waals surface area contributed by atoms with Crippen molar-refractivity contribution in [1.29, 1.82) is 0 Å². The van der Waals surface area contributed by atoms with Crippen LogP contribution < -0.4 is 4.72 Å². The lowest BCUT2D eigenvalue weighted by Gasteiger charge is -2.23. The van der Waals surface area contributed by atoms with E-state index in [1.807, 2.05) is 0 Å². The number of hydrogen-bond acceptors (Lipinski definition) is 3. The smallest absolute Gasteiger partial charge is 0.241 e. The van der Waals surface area contributed by atoms with E-state index >= 15 is 0 Å². The van der Waals surface area contributed by atoms with E-state index < -0.39 is 10.0 Å². The van der Waals surface area contributed by atoms with Gasteiger partial charge in [0.25, 0.3) is 0 Å². The van der Waals surface area contributed by atoms with E-state index in [0.717, 1.165) is 25.7 Å². The Hall–Kier alpha value is -0.430. The number of hydrogen-bond donors (Lipinski definition) is 2. The highest BCUT2D eigenvalue weighted by atomic mass is 79.9. The molecule has 0 atom stereocenters. The number of benzene rings is 1. The molecule has 0 amide bonds. The maximum Gasteiger partial charge on any atom is 0.241 e. The molecule has 0 bridgehead atoms. The molecule has 0 spiro atoms. The molecule has 1 aromatic carbocycles. The van der Waals surface area contributed by atoms with Crippen molar-refractivity contribution in [3.63, 3.8) is 0 Å². The van der Waals surface area contributed by atoms with Gasteiger partial charge in [-0.3, -0.25) is 0 Å². The normalized spacial score (nSPS) is 17.6. The summed E-state index contributed by atoms with van der Waals surface area (Å²) < 4.78 is 27.9. The van der Waals surface area contributed by atoms with Crippen LogP contribution in [0.3, 0.4) is 0 Å². The molecule has 0 radical (unpaired) electrons. The topological polar surface area (TPSA) is 66.4 Å². The van der Waals surface area contributed by atoms with Crippen molar-refractivity contribution in [1.82, 2.24) is 4.72 Å². The third kappa shape index (κ3) is 3.78. The van der Waals surface area contributed by atoms with Gasteiger partial charge in [-0.1, -0.05) is 25.3 Å². The zero-order valence-corrected chi connectivity index (χ0v) is 13.0. The van der Waals surface area contributed by atoms with Crippen LogP contribution in [0.15, 0.2) is 27.6 Å². The van der Waals surface area contributed by atoms with E-state index in [-0.39, 0.29) is 17.5 Å². The predicted molar refractivity (Wildman–Crippen MR) is 77.3 cm³/mol. The van der Waals surface area contributed by atoms with Crippen LogP contribution in [0.25, 0.3) is 0 Å². The van der Waals surface area contributed by atoms with Crippen molar-refractivity contribution in [2.75, 3.05) is 0 Å². The lowest BCUT2D eigenvalue weighted by molar-refractivity contribution is 0.281. The quantitative estimate of drug-likeness (QED) is 0.879. The Morgan fingerprint density at radius 3 is 2.53 bits per heavy atom. The number of aliphatic hydroxyl groups excluding tert-OH is 1. The maximum atomic E-state index is 12.3. The molecule has 1 fully saturated rings. The Balaban J connectivity index is 2.18. The van der Waals surface area contributed by atoms with Crippen molar-refractivity contribution in [3.8, 4) is 0 Å². The van der Waals surface area contributed by atoms with E-state index in [1.54, 1.807) is 12.1 Å². The predicted octanol–water partition coefficient (Wildman–Crippen LogP) is 2.55. The number of sulfonamides is 1. The third-order valence-corrected chi connectivity index (χ3v) is 5.89. The summed E-state index contributed by atoms with van der Waals surface area (Å²) >= 11 is 3.26. The van der Waals surface area contributed by atoms with Crippen LogP contribution in [-0.4, -0.2) is 19.6 Å². The minimum atomic E-state index is -3.49. The molecule has 4 nitrogen and oxygen atoms in total. The van der Waals surface area contributed by atoms with Crippen LogP contribution >= 0.6 is 15.9 Å². The summed E-state index contributed by atoms with van der Waals surface area (Å²) in [6, 6.07) is 4.83. The van der Waals surface area contributed by atoms with Crippen LogP contribution in [0.1, 0.15) is 37.7 Å². The van der Waals surface area contributed by atoms with Gasteiger partial charge in [-0.05, 0) is 46.5 Å². The fraction of sp³-hybridized carbons (Fsp3) is 0.538. The number of rotatable bonds is 4.